The van der Waals surface area contributed by atoms with E-state index in [1.165, 1.54) is 6.07 Å². The summed E-state index contributed by atoms with van der Waals surface area (Å²) in [6.45, 7) is 1.99. The van der Waals surface area contributed by atoms with Gasteiger partial charge < -0.3 is 20.3 Å². The molecular weight excluding hydrogens is 509 g/mol. The van der Waals surface area contributed by atoms with Crippen molar-refractivity contribution in [2.75, 3.05) is 50.1 Å². The Bertz CT molecular complexity index is 1090. The highest BCUT2D eigenvalue weighted by molar-refractivity contribution is 7.18. The van der Waals surface area contributed by atoms with E-state index in [1.54, 1.807) is 31.0 Å². The van der Waals surface area contributed by atoms with Crippen molar-refractivity contribution in [1.29, 1.82) is 0 Å². The number of morpholine rings is 1. The maximum Gasteiger partial charge on any atom is 0.418 e. The highest BCUT2D eigenvalue weighted by Gasteiger charge is 2.37. The van der Waals surface area contributed by atoms with Crippen molar-refractivity contribution in [3.05, 3.63) is 45.1 Å². The Kier molecular flexibility index (Phi) is 8.75. The fourth-order valence-electron chi connectivity index (χ4n) is 3.46. The maximum absolute atomic E-state index is 13.8. The smallest absolute Gasteiger partial charge is 0.370 e. The average Bonchev–Trinajstić information content (AvgIpc) is 3.25. The number of carbonyl (C=O) groups excluding carboxylic acids is 3. The number of amides is 3. The first-order chi connectivity index (χ1) is 16.5. The van der Waals surface area contributed by atoms with E-state index in [2.05, 4.69) is 10.6 Å². The molecule has 2 heterocycles. The molecule has 1 fully saturated rings. The number of rotatable bonds is 8. The van der Waals surface area contributed by atoms with Gasteiger partial charge in [-0.3, -0.25) is 19.3 Å². The van der Waals surface area contributed by atoms with Gasteiger partial charge in [-0.15, -0.1) is 11.3 Å². The predicted octanol–water partition coefficient (Wildman–Crippen LogP) is 3.47. The monoisotopic (exact) mass is 532 g/mol. The van der Waals surface area contributed by atoms with E-state index in [0.717, 1.165) is 28.4 Å². The fourth-order valence-corrected chi connectivity index (χ4v) is 4.42. The SMILES string of the molecule is CCN(C)[C@@H](CNC(=O)c1ccc(Cl)s1)C(=O)Nc1ccc(N2CCOCC2=O)c(C(F)(F)F)c1. The van der Waals surface area contributed by atoms with Crippen LogP contribution in [0.5, 0.6) is 0 Å². The molecule has 3 rings (SSSR count). The molecule has 0 unspecified atom stereocenters. The molecule has 13 heteroatoms. The lowest BCUT2D eigenvalue weighted by Crippen LogP contribution is -2.49. The fraction of sp³-hybridized carbons (Fsp3) is 0.409. The Morgan fingerprint density at radius 3 is 2.63 bits per heavy atom. The van der Waals surface area contributed by atoms with Gasteiger partial charge in [0.25, 0.3) is 11.8 Å². The van der Waals surface area contributed by atoms with Gasteiger partial charge in [-0.1, -0.05) is 18.5 Å². The lowest BCUT2D eigenvalue weighted by Gasteiger charge is -2.30. The number of alkyl halides is 3. The molecule has 0 saturated carbocycles. The van der Waals surface area contributed by atoms with E-state index in [4.69, 9.17) is 16.3 Å². The Morgan fingerprint density at radius 1 is 1.29 bits per heavy atom. The zero-order chi connectivity index (χ0) is 25.8. The topological polar surface area (TPSA) is 91.0 Å². The van der Waals surface area contributed by atoms with Gasteiger partial charge in [0, 0.05) is 18.8 Å². The third kappa shape index (κ3) is 6.72. The highest BCUT2D eigenvalue weighted by Crippen LogP contribution is 2.38. The van der Waals surface area contributed by atoms with Gasteiger partial charge in [0.2, 0.25) is 5.91 Å². The van der Waals surface area contributed by atoms with E-state index < -0.39 is 35.5 Å². The molecule has 1 aliphatic rings. The van der Waals surface area contributed by atoms with Gasteiger partial charge in [-0.2, -0.15) is 13.2 Å². The van der Waals surface area contributed by atoms with E-state index in [0.29, 0.717) is 15.8 Å². The zero-order valence-electron chi connectivity index (χ0n) is 18.9. The van der Waals surface area contributed by atoms with Gasteiger partial charge in [-0.05, 0) is 43.9 Å². The first kappa shape index (κ1) is 26.9. The molecule has 0 bridgehead atoms. The van der Waals surface area contributed by atoms with Gasteiger partial charge >= 0.3 is 6.18 Å². The lowest BCUT2D eigenvalue weighted by atomic mass is 10.1. The predicted molar refractivity (Wildman–Crippen MR) is 127 cm³/mol. The molecule has 1 atom stereocenters. The van der Waals surface area contributed by atoms with Crippen LogP contribution in [0.25, 0.3) is 0 Å². The molecule has 0 aliphatic carbocycles. The zero-order valence-corrected chi connectivity index (χ0v) is 20.5. The summed E-state index contributed by atoms with van der Waals surface area (Å²) in [5.41, 5.74) is -1.43. The second-order valence-electron chi connectivity index (χ2n) is 7.72. The standard InChI is InChI=1S/C22H24ClF3N4O4S/c1-3-29(2)16(11-27-21(33)17-6-7-18(23)35-17)20(32)28-13-4-5-15(14(10-13)22(24,25)26)30-8-9-34-12-19(30)31/h4-7,10,16H,3,8-9,11-12H2,1-2H3,(H,27,33)(H,28,32)/t16-/m0/s1. The number of anilines is 2. The Morgan fingerprint density at radius 2 is 2.03 bits per heavy atom. The van der Waals surface area contributed by atoms with Crippen LogP contribution in [0.3, 0.4) is 0 Å². The highest BCUT2D eigenvalue weighted by atomic mass is 35.5. The van der Waals surface area contributed by atoms with Crippen molar-refractivity contribution < 1.29 is 32.3 Å². The number of hydrogen-bond acceptors (Lipinski definition) is 6. The molecule has 1 aliphatic heterocycles. The quantitative estimate of drug-likeness (QED) is 0.543. The van der Waals surface area contributed by atoms with Gasteiger partial charge in [-0.25, -0.2) is 0 Å². The largest absolute Gasteiger partial charge is 0.418 e. The van der Waals surface area contributed by atoms with Crippen molar-refractivity contribution in [2.45, 2.75) is 19.1 Å². The molecule has 0 radical (unpaired) electrons. The second-order valence-corrected chi connectivity index (χ2v) is 9.43. The number of likely N-dealkylation sites (N-methyl/N-ethyl adjacent to an activating group) is 1. The van der Waals surface area contributed by atoms with Gasteiger partial charge in [0.1, 0.15) is 12.6 Å². The summed E-state index contributed by atoms with van der Waals surface area (Å²) in [5, 5.41) is 5.16. The molecule has 2 aromatic rings. The van der Waals surface area contributed by atoms with Crippen molar-refractivity contribution in [3.63, 3.8) is 0 Å². The minimum Gasteiger partial charge on any atom is -0.370 e. The molecule has 8 nitrogen and oxygen atoms in total. The lowest BCUT2D eigenvalue weighted by molar-refractivity contribution is -0.137. The van der Waals surface area contributed by atoms with Crippen LogP contribution in [-0.2, 0) is 20.5 Å². The molecular formula is C22H24ClF3N4O4S. The van der Waals surface area contributed by atoms with Crippen LogP contribution in [0, 0.1) is 0 Å². The minimum absolute atomic E-state index is 0.00780. The van der Waals surface area contributed by atoms with Gasteiger partial charge in [0.15, 0.2) is 0 Å². The third-order valence-electron chi connectivity index (χ3n) is 5.43. The van der Waals surface area contributed by atoms with Crippen LogP contribution >= 0.6 is 22.9 Å². The summed E-state index contributed by atoms with van der Waals surface area (Å²) < 4.78 is 46.9. The van der Waals surface area contributed by atoms with E-state index in [9.17, 15) is 27.6 Å². The molecule has 1 aromatic carbocycles. The molecule has 3 amide bonds. The third-order valence-corrected chi connectivity index (χ3v) is 6.66. The van der Waals surface area contributed by atoms with Crippen LogP contribution in [0.2, 0.25) is 4.34 Å². The maximum atomic E-state index is 13.8. The van der Waals surface area contributed by atoms with E-state index in [-0.39, 0.29) is 37.7 Å². The number of halogens is 4. The van der Waals surface area contributed by atoms with Gasteiger partial charge in [0.05, 0.1) is 27.1 Å². The second kappa shape index (κ2) is 11.4. The van der Waals surface area contributed by atoms with Crippen molar-refractivity contribution in [3.8, 4) is 0 Å². The summed E-state index contributed by atoms with van der Waals surface area (Å²) in [6.07, 6.45) is -4.76. The van der Waals surface area contributed by atoms with Crippen LogP contribution in [-0.4, -0.2) is 68.6 Å². The molecule has 1 aromatic heterocycles. The molecule has 35 heavy (non-hydrogen) atoms. The number of ether oxygens (including phenoxy) is 1. The molecule has 1 saturated heterocycles. The number of carbonyl (C=O) groups is 3. The van der Waals surface area contributed by atoms with E-state index >= 15 is 0 Å². The summed E-state index contributed by atoms with van der Waals surface area (Å²) >= 11 is 6.94. The normalized spacial score (nSPS) is 15.3. The molecule has 2 N–H and O–H groups in total. The Balaban J connectivity index is 1.78. The van der Waals surface area contributed by atoms with E-state index in [1.807, 2.05) is 0 Å². The summed E-state index contributed by atoms with van der Waals surface area (Å²) in [6, 6.07) is 5.54. The molecule has 0 spiro atoms. The average molecular weight is 533 g/mol. The number of benzene rings is 1. The number of hydrogen-bond donors (Lipinski definition) is 2. The van der Waals surface area contributed by atoms with Crippen LogP contribution in [0.4, 0.5) is 24.5 Å². The molecule has 190 valence electrons. The first-order valence-corrected chi connectivity index (χ1v) is 11.8. The Hall–Kier alpha value is -2.67. The van der Waals surface area contributed by atoms with Crippen molar-refractivity contribution in [1.82, 2.24) is 10.2 Å². The Labute approximate surface area is 209 Å². The number of nitrogens with zero attached hydrogens (tertiary/aromatic N) is 2. The number of nitrogens with one attached hydrogen (secondary N) is 2. The van der Waals surface area contributed by atoms with Crippen molar-refractivity contribution in [2.24, 2.45) is 0 Å². The minimum atomic E-state index is -4.76. The number of thiophene rings is 1. The van der Waals surface area contributed by atoms with Crippen molar-refractivity contribution >= 4 is 52.0 Å². The summed E-state index contributed by atoms with van der Waals surface area (Å²) in [7, 11) is 1.66. The van der Waals surface area contributed by atoms with Crippen LogP contribution in [0.15, 0.2) is 30.3 Å². The van der Waals surface area contributed by atoms with Crippen LogP contribution < -0.4 is 15.5 Å². The summed E-state index contributed by atoms with van der Waals surface area (Å²) in [5.74, 6) is -1.59. The summed E-state index contributed by atoms with van der Waals surface area (Å²) in [4.78, 5) is 40.5. The van der Waals surface area contributed by atoms with Crippen LogP contribution in [0.1, 0.15) is 22.2 Å². The first-order valence-electron chi connectivity index (χ1n) is 10.6.